The quantitative estimate of drug-likeness (QED) is 0.335. The Kier molecular flexibility index (Phi) is 9.11. The number of amides is 3. The zero-order valence-electron chi connectivity index (χ0n) is 23.7. The number of carbonyl (C=O) groups is 3. The maximum atomic E-state index is 14.3. The second-order valence-electron chi connectivity index (χ2n) is 10.3. The third-order valence-electron chi connectivity index (χ3n) is 7.67. The van der Waals surface area contributed by atoms with Crippen LogP contribution in [0.3, 0.4) is 0 Å². The van der Waals surface area contributed by atoms with Crippen molar-refractivity contribution in [3.63, 3.8) is 0 Å². The van der Waals surface area contributed by atoms with E-state index in [9.17, 15) is 14.4 Å². The summed E-state index contributed by atoms with van der Waals surface area (Å²) in [7, 11) is 1.69. The minimum absolute atomic E-state index is 0. The highest BCUT2D eigenvalue weighted by Crippen LogP contribution is 2.36. The second-order valence-corrected chi connectivity index (χ2v) is 10.3. The summed E-state index contributed by atoms with van der Waals surface area (Å²) in [6.07, 6.45) is 0. The molecular formula is C33H35ClN4O3. The molecule has 0 fully saturated rings. The Bertz CT molecular complexity index is 1590. The molecule has 0 radical (unpaired) electrons. The summed E-state index contributed by atoms with van der Waals surface area (Å²) in [5.74, 6) is -0.809. The van der Waals surface area contributed by atoms with E-state index in [2.05, 4.69) is 34.9 Å². The van der Waals surface area contributed by atoms with Gasteiger partial charge < -0.3 is 20.4 Å². The van der Waals surface area contributed by atoms with Gasteiger partial charge in [-0.2, -0.15) is 0 Å². The van der Waals surface area contributed by atoms with Crippen LogP contribution in [-0.2, 0) is 16.1 Å². The second kappa shape index (κ2) is 12.5. The molecule has 0 bridgehead atoms. The number of para-hydroxylation sites is 2. The van der Waals surface area contributed by atoms with Gasteiger partial charge in [-0.1, -0.05) is 66.2 Å². The summed E-state index contributed by atoms with van der Waals surface area (Å²) < 4.78 is 0. The Balaban J connectivity index is 0.00000387. The summed E-state index contributed by atoms with van der Waals surface area (Å²) in [6.45, 7) is 6.05. The van der Waals surface area contributed by atoms with Crippen molar-refractivity contribution in [2.45, 2.75) is 39.4 Å². The van der Waals surface area contributed by atoms with Crippen LogP contribution in [-0.4, -0.2) is 43.4 Å². The van der Waals surface area contributed by atoms with Gasteiger partial charge >= 0.3 is 0 Å². The lowest BCUT2D eigenvalue weighted by atomic mass is 9.99. The van der Waals surface area contributed by atoms with Gasteiger partial charge in [-0.25, -0.2) is 0 Å². The fourth-order valence-corrected chi connectivity index (χ4v) is 5.14. The van der Waals surface area contributed by atoms with E-state index in [0.717, 1.165) is 27.5 Å². The molecular weight excluding hydrogens is 536 g/mol. The highest BCUT2D eigenvalue weighted by atomic mass is 35.5. The minimum atomic E-state index is -0.944. The van der Waals surface area contributed by atoms with E-state index in [1.54, 1.807) is 35.9 Å². The Morgan fingerprint density at radius 2 is 1.56 bits per heavy atom. The van der Waals surface area contributed by atoms with Crippen molar-refractivity contribution in [2.24, 2.45) is 0 Å². The Hall–Kier alpha value is -4.20. The van der Waals surface area contributed by atoms with Crippen molar-refractivity contribution >= 4 is 52.3 Å². The van der Waals surface area contributed by atoms with Crippen molar-refractivity contribution < 1.29 is 14.4 Å². The molecule has 0 unspecified atom stereocenters. The van der Waals surface area contributed by atoms with Crippen molar-refractivity contribution in [2.75, 3.05) is 23.4 Å². The van der Waals surface area contributed by atoms with Crippen LogP contribution in [0.15, 0.2) is 84.9 Å². The molecule has 212 valence electrons. The first-order valence-electron chi connectivity index (χ1n) is 13.5. The van der Waals surface area contributed by atoms with E-state index in [0.29, 0.717) is 23.5 Å². The largest absolute Gasteiger partial charge is 0.341 e. The number of halogens is 1. The molecule has 5 rings (SSSR count). The first-order chi connectivity index (χ1) is 19.3. The van der Waals surface area contributed by atoms with Crippen LogP contribution in [0.25, 0.3) is 10.8 Å². The number of carbonyl (C=O) groups excluding carboxylic acids is 3. The maximum absolute atomic E-state index is 14.3. The summed E-state index contributed by atoms with van der Waals surface area (Å²) in [6, 6.07) is 25.6. The maximum Gasteiger partial charge on any atom is 0.258 e. The van der Waals surface area contributed by atoms with Gasteiger partial charge in [0.2, 0.25) is 5.91 Å². The number of nitrogens with one attached hydrogen (secondary N) is 2. The molecule has 4 aromatic rings. The van der Waals surface area contributed by atoms with Crippen LogP contribution in [0.5, 0.6) is 0 Å². The lowest BCUT2D eigenvalue weighted by molar-refractivity contribution is -0.128. The molecule has 0 aliphatic carbocycles. The number of aryl methyl sites for hydroxylation is 2. The lowest BCUT2D eigenvalue weighted by Gasteiger charge is -2.27. The predicted molar refractivity (Wildman–Crippen MR) is 167 cm³/mol. The standard InChI is InChI=1S/C33H34N4O3.ClH/c1-21-13-16-25(17-14-21)32(39)37-20-28(35-31(38)23(3)34-4)33(40)36(29-11-7-8-12-30(29)37)19-27-22(2)15-18-24-9-5-6-10-26(24)27;/h5-18,23,28,34H,19-20H2,1-4H3,(H,35,38);1H/t23-,28-;/m0./s1. The van der Waals surface area contributed by atoms with Crippen molar-refractivity contribution in [3.8, 4) is 0 Å². The van der Waals surface area contributed by atoms with Gasteiger partial charge in [0.25, 0.3) is 11.8 Å². The van der Waals surface area contributed by atoms with Crippen LogP contribution >= 0.6 is 12.4 Å². The van der Waals surface area contributed by atoms with Crippen LogP contribution in [0.2, 0.25) is 0 Å². The molecule has 0 aromatic heterocycles. The molecule has 2 atom stereocenters. The average Bonchev–Trinajstić information content (AvgIpc) is 3.08. The molecule has 0 spiro atoms. The molecule has 2 N–H and O–H groups in total. The van der Waals surface area contributed by atoms with Gasteiger partial charge in [0.1, 0.15) is 6.04 Å². The zero-order valence-corrected chi connectivity index (χ0v) is 24.5. The van der Waals surface area contributed by atoms with E-state index < -0.39 is 12.1 Å². The highest BCUT2D eigenvalue weighted by molar-refractivity contribution is 6.13. The number of benzene rings is 4. The van der Waals surface area contributed by atoms with E-state index in [1.807, 2.05) is 62.4 Å². The molecule has 8 heteroatoms. The van der Waals surface area contributed by atoms with Gasteiger partial charge in [0.15, 0.2) is 0 Å². The van der Waals surface area contributed by atoms with Crippen LogP contribution < -0.4 is 20.4 Å². The SMILES string of the molecule is CN[C@@H](C)C(=O)N[C@H]1CN(C(=O)c2ccc(C)cc2)c2ccccc2N(Cc2c(C)ccc3ccccc23)C1=O.Cl. The van der Waals surface area contributed by atoms with Crippen molar-refractivity contribution in [1.29, 1.82) is 0 Å². The van der Waals surface area contributed by atoms with E-state index in [1.165, 1.54) is 0 Å². The molecule has 1 aliphatic rings. The summed E-state index contributed by atoms with van der Waals surface area (Å²) in [4.78, 5) is 44.6. The van der Waals surface area contributed by atoms with Gasteiger partial charge in [-0.3, -0.25) is 14.4 Å². The zero-order chi connectivity index (χ0) is 28.4. The van der Waals surface area contributed by atoms with Crippen LogP contribution in [0.4, 0.5) is 11.4 Å². The molecule has 41 heavy (non-hydrogen) atoms. The molecule has 4 aromatic carbocycles. The molecule has 1 aliphatic heterocycles. The van der Waals surface area contributed by atoms with Gasteiger partial charge in [0, 0.05) is 5.56 Å². The monoisotopic (exact) mass is 570 g/mol. The molecule has 3 amide bonds. The number of rotatable bonds is 6. The molecule has 7 nitrogen and oxygen atoms in total. The van der Waals surface area contributed by atoms with E-state index in [-0.39, 0.29) is 36.7 Å². The van der Waals surface area contributed by atoms with Crippen LogP contribution in [0.1, 0.15) is 34.0 Å². The first-order valence-corrected chi connectivity index (χ1v) is 13.5. The van der Waals surface area contributed by atoms with Gasteiger partial charge in [0.05, 0.1) is 30.5 Å². The average molecular weight is 571 g/mol. The van der Waals surface area contributed by atoms with Crippen molar-refractivity contribution in [1.82, 2.24) is 10.6 Å². The van der Waals surface area contributed by atoms with Gasteiger partial charge in [-0.05, 0) is 74.0 Å². The Morgan fingerprint density at radius 1 is 0.902 bits per heavy atom. The highest BCUT2D eigenvalue weighted by Gasteiger charge is 2.37. The minimum Gasteiger partial charge on any atom is -0.341 e. The van der Waals surface area contributed by atoms with Crippen LogP contribution in [0, 0.1) is 13.8 Å². The number of nitrogens with zero attached hydrogens (tertiary/aromatic N) is 2. The third-order valence-corrected chi connectivity index (χ3v) is 7.67. The third kappa shape index (κ3) is 5.97. The number of hydrogen-bond donors (Lipinski definition) is 2. The van der Waals surface area contributed by atoms with E-state index >= 15 is 0 Å². The fourth-order valence-electron chi connectivity index (χ4n) is 5.14. The number of hydrogen-bond acceptors (Lipinski definition) is 4. The summed E-state index contributed by atoms with van der Waals surface area (Å²) in [5, 5.41) is 8.00. The molecule has 0 saturated heterocycles. The first kappa shape index (κ1) is 29.8. The normalized spacial score (nSPS) is 15.5. The smallest absolute Gasteiger partial charge is 0.258 e. The topological polar surface area (TPSA) is 81.8 Å². The Morgan fingerprint density at radius 3 is 2.27 bits per heavy atom. The lowest BCUT2D eigenvalue weighted by Crippen LogP contribution is -2.55. The van der Waals surface area contributed by atoms with E-state index in [4.69, 9.17) is 0 Å². The number of anilines is 2. The Labute approximate surface area is 246 Å². The number of fused-ring (bicyclic) bond motifs is 2. The fraction of sp³-hybridized carbons (Fsp3) is 0.242. The molecule has 1 heterocycles. The summed E-state index contributed by atoms with van der Waals surface area (Å²) in [5.41, 5.74) is 4.89. The number of likely N-dealkylation sites (N-methyl/N-ethyl adjacent to an activating group) is 1. The molecule has 0 saturated carbocycles. The van der Waals surface area contributed by atoms with Crippen molar-refractivity contribution in [3.05, 3.63) is 107 Å². The predicted octanol–water partition coefficient (Wildman–Crippen LogP) is 5.16. The van der Waals surface area contributed by atoms with Gasteiger partial charge in [-0.15, -0.1) is 12.4 Å². The summed E-state index contributed by atoms with van der Waals surface area (Å²) >= 11 is 0.